The molecule has 4 atom stereocenters. The second kappa shape index (κ2) is 7.45. The Balaban J connectivity index is -0.000000302. The minimum absolute atomic E-state index is 0. The molecule has 88 valence electrons. The summed E-state index contributed by atoms with van der Waals surface area (Å²) in [7, 11) is 0. The van der Waals surface area contributed by atoms with Gasteiger partial charge in [-0.25, -0.2) is 0 Å². The van der Waals surface area contributed by atoms with E-state index < -0.39 is 0 Å². The van der Waals surface area contributed by atoms with Gasteiger partial charge in [0.2, 0.25) is 0 Å². The Morgan fingerprint density at radius 3 is 1.21 bits per heavy atom. The zero-order valence-corrected chi connectivity index (χ0v) is 9.90. The molecule has 14 heavy (non-hydrogen) atoms. The standard InChI is InChI=1S/C8H14N2.2ClH.2H3N/c9-7-5-1-2-6(4-3-5)8(7)10;;;;/h1-2,5-8H,3-4,9-10H2;2*1H;2*1H3. The van der Waals surface area contributed by atoms with E-state index in [4.69, 9.17) is 11.5 Å². The molecule has 0 amide bonds. The van der Waals surface area contributed by atoms with Crippen molar-refractivity contribution in [3.63, 3.8) is 0 Å². The molecular formula is C8H22Cl2N4. The van der Waals surface area contributed by atoms with Gasteiger partial charge in [-0.15, -0.1) is 24.8 Å². The number of halogens is 2. The molecule has 0 radical (unpaired) electrons. The lowest BCUT2D eigenvalue weighted by atomic mass is 9.70. The lowest BCUT2D eigenvalue weighted by molar-refractivity contribution is 0.244. The number of nitrogens with two attached hydrogens (primary N) is 2. The van der Waals surface area contributed by atoms with Crippen LogP contribution < -0.4 is 23.8 Å². The molecule has 10 N–H and O–H groups in total. The van der Waals surface area contributed by atoms with Gasteiger partial charge in [0.1, 0.15) is 0 Å². The molecule has 1 saturated carbocycles. The summed E-state index contributed by atoms with van der Waals surface area (Å²) in [6, 6.07) is 0.451. The third-order valence-corrected chi connectivity index (χ3v) is 2.87. The molecule has 3 rings (SSSR count). The molecule has 0 saturated heterocycles. The lowest BCUT2D eigenvalue weighted by Crippen LogP contribution is -2.55. The second-order valence-electron chi connectivity index (χ2n) is 3.44. The molecule has 3 aliphatic carbocycles. The highest BCUT2D eigenvalue weighted by atomic mass is 35.5. The fourth-order valence-electron chi connectivity index (χ4n) is 2.08. The first-order valence-corrected chi connectivity index (χ1v) is 3.98. The lowest BCUT2D eigenvalue weighted by Gasteiger charge is -2.41. The Morgan fingerprint density at radius 1 is 0.786 bits per heavy atom. The second-order valence-corrected chi connectivity index (χ2v) is 3.44. The topological polar surface area (TPSA) is 122 Å². The zero-order chi connectivity index (χ0) is 7.14. The Bertz CT molecular complexity index is 159. The molecule has 0 aromatic rings. The zero-order valence-electron chi connectivity index (χ0n) is 8.26. The Labute approximate surface area is 97.9 Å². The summed E-state index contributed by atoms with van der Waals surface area (Å²) in [6.07, 6.45) is 6.97. The van der Waals surface area contributed by atoms with Crippen molar-refractivity contribution in [3.8, 4) is 0 Å². The fourth-order valence-corrected chi connectivity index (χ4v) is 2.08. The predicted molar refractivity (Wildman–Crippen MR) is 65.8 cm³/mol. The van der Waals surface area contributed by atoms with Gasteiger partial charge in [0.25, 0.3) is 0 Å². The van der Waals surface area contributed by atoms with Gasteiger partial charge in [-0.05, 0) is 24.7 Å². The van der Waals surface area contributed by atoms with Crippen molar-refractivity contribution in [1.29, 1.82) is 0 Å². The van der Waals surface area contributed by atoms with Gasteiger partial charge in [-0.3, -0.25) is 0 Å². The first-order chi connectivity index (χ1) is 4.79. The van der Waals surface area contributed by atoms with E-state index in [1.165, 1.54) is 12.8 Å². The maximum Gasteiger partial charge on any atom is 0.0261 e. The van der Waals surface area contributed by atoms with Crippen LogP contribution in [0.5, 0.6) is 0 Å². The Morgan fingerprint density at radius 2 is 1.07 bits per heavy atom. The Kier molecular flexibility index (Phi) is 10.5. The van der Waals surface area contributed by atoms with Gasteiger partial charge in [0.15, 0.2) is 0 Å². The van der Waals surface area contributed by atoms with E-state index in [1.54, 1.807) is 0 Å². The summed E-state index contributed by atoms with van der Waals surface area (Å²) < 4.78 is 0. The van der Waals surface area contributed by atoms with Crippen molar-refractivity contribution >= 4 is 24.8 Å². The van der Waals surface area contributed by atoms with E-state index in [0.717, 1.165) is 0 Å². The quantitative estimate of drug-likeness (QED) is 0.482. The summed E-state index contributed by atoms with van der Waals surface area (Å²) in [5.41, 5.74) is 11.8. The van der Waals surface area contributed by atoms with E-state index in [0.29, 0.717) is 11.8 Å². The van der Waals surface area contributed by atoms with Gasteiger partial charge < -0.3 is 23.8 Å². The maximum absolute atomic E-state index is 5.89. The normalized spacial score (nSPS) is 37.0. The van der Waals surface area contributed by atoms with Crippen LogP contribution in [0.15, 0.2) is 12.2 Å². The van der Waals surface area contributed by atoms with Gasteiger partial charge in [0.05, 0.1) is 0 Å². The SMILES string of the molecule is Cl.Cl.N.N.NC1C2C=CC(CC2)C1N. The van der Waals surface area contributed by atoms with Crippen molar-refractivity contribution in [1.82, 2.24) is 12.3 Å². The number of hydrogen-bond donors (Lipinski definition) is 4. The van der Waals surface area contributed by atoms with Crippen molar-refractivity contribution in [2.24, 2.45) is 23.3 Å². The van der Waals surface area contributed by atoms with Crippen LogP contribution in [-0.2, 0) is 0 Å². The van der Waals surface area contributed by atoms with Crippen LogP contribution in [0.25, 0.3) is 0 Å². The first kappa shape index (κ1) is 19.7. The number of hydrogen-bond acceptors (Lipinski definition) is 4. The van der Waals surface area contributed by atoms with E-state index in [2.05, 4.69) is 12.2 Å². The maximum atomic E-state index is 5.89. The van der Waals surface area contributed by atoms with Gasteiger partial charge in [-0.1, -0.05) is 12.2 Å². The molecule has 0 aromatic heterocycles. The average molecular weight is 245 g/mol. The molecule has 1 fully saturated rings. The molecule has 0 spiro atoms. The number of fused-ring (bicyclic) bond motifs is 2. The summed E-state index contributed by atoms with van der Waals surface area (Å²) in [5.74, 6) is 1.14. The minimum atomic E-state index is 0. The third kappa shape index (κ3) is 3.08. The van der Waals surface area contributed by atoms with Crippen molar-refractivity contribution in [3.05, 3.63) is 12.2 Å². The Hall–Kier alpha value is 0.160. The summed E-state index contributed by atoms with van der Waals surface area (Å²) >= 11 is 0. The molecule has 2 bridgehead atoms. The minimum Gasteiger partial charge on any atom is -0.344 e. The number of rotatable bonds is 0. The van der Waals surface area contributed by atoms with Crippen LogP contribution in [0, 0.1) is 11.8 Å². The molecule has 6 heteroatoms. The van der Waals surface area contributed by atoms with Crippen molar-refractivity contribution in [2.75, 3.05) is 0 Å². The summed E-state index contributed by atoms with van der Waals surface area (Å²) in [4.78, 5) is 0. The van der Waals surface area contributed by atoms with Crippen molar-refractivity contribution < 1.29 is 0 Å². The van der Waals surface area contributed by atoms with E-state index in [9.17, 15) is 0 Å². The molecule has 0 heterocycles. The van der Waals surface area contributed by atoms with Crippen LogP contribution >= 0.6 is 24.8 Å². The van der Waals surface area contributed by atoms with Gasteiger partial charge in [-0.2, -0.15) is 0 Å². The first-order valence-electron chi connectivity index (χ1n) is 3.98. The van der Waals surface area contributed by atoms with E-state index in [1.807, 2.05) is 0 Å². The average Bonchev–Trinajstić information content (AvgIpc) is 2.00. The van der Waals surface area contributed by atoms with Gasteiger partial charge >= 0.3 is 0 Å². The van der Waals surface area contributed by atoms with Crippen LogP contribution in [0.1, 0.15) is 12.8 Å². The fraction of sp³-hybridized carbons (Fsp3) is 0.750. The highest BCUT2D eigenvalue weighted by Gasteiger charge is 2.35. The van der Waals surface area contributed by atoms with Crippen molar-refractivity contribution in [2.45, 2.75) is 24.9 Å². The molecule has 4 unspecified atom stereocenters. The van der Waals surface area contributed by atoms with Crippen LogP contribution in [0.2, 0.25) is 0 Å². The van der Waals surface area contributed by atoms with Crippen LogP contribution in [0.4, 0.5) is 0 Å². The van der Waals surface area contributed by atoms with Crippen LogP contribution in [-0.4, -0.2) is 12.1 Å². The highest BCUT2D eigenvalue weighted by molar-refractivity contribution is 5.85. The molecule has 4 nitrogen and oxygen atoms in total. The highest BCUT2D eigenvalue weighted by Crippen LogP contribution is 2.34. The third-order valence-electron chi connectivity index (χ3n) is 2.87. The predicted octanol–water partition coefficient (Wildman–Crippen LogP) is 1.40. The molecular weight excluding hydrogens is 223 g/mol. The summed E-state index contributed by atoms with van der Waals surface area (Å²) in [5, 5.41) is 0. The van der Waals surface area contributed by atoms with E-state index >= 15 is 0 Å². The van der Waals surface area contributed by atoms with Crippen LogP contribution in [0.3, 0.4) is 0 Å². The monoisotopic (exact) mass is 244 g/mol. The largest absolute Gasteiger partial charge is 0.344 e. The van der Waals surface area contributed by atoms with Gasteiger partial charge in [0, 0.05) is 12.1 Å². The molecule has 0 aromatic carbocycles. The van der Waals surface area contributed by atoms with E-state index in [-0.39, 0.29) is 49.2 Å². The molecule has 0 aliphatic heterocycles. The smallest absolute Gasteiger partial charge is 0.0261 e. The summed E-state index contributed by atoms with van der Waals surface area (Å²) in [6.45, 7) is 0. The molecule has 3 aliphatic rings.